The Morgan fingerprint density at radius 3 is 3.12 bits per heavy atom. The highest BCUT2D eigenvalue weighted by Crippen LogP contribution is 2.30. The van der Waals surface area contributed by atoms with E-state index in [-0.39, 0.29) is 0 Å². The number of hydrogen-bond acceptors (Lipinski definition) is 3. The maximum absolute atomic E-state index is 5.24. The van der Waals surface area contributed by atoms with E-state index in [0.29, 0.717) is 6.04 Å². The lowest BCUT2D eigenvalue weighted by Gasteiger charge is -2.10. The predicted molar refractivity (Wildman–Crippen MR) is 67.3 cm³/mol. The zero-order chi connectivity index (χ0) is 11.4. The van der Waals surface area contributed by atoms with E-state index in [1.54, 1.807) is 7.11 Å². The van der Waals surface area contributed by atoms with Crippen LogP contribution in [0.2, 0.25) is 0 Å². The summed E-state index contributed by atoms with van der Waals surface area (Å²) in [5.74, 6) is 0.955. The SMILES string of the molecule is CNCCCC1Cc2cc(OC)ccc2N1. The summed E-state index contributed by atoms with van der Waals surface area (Å²) in [6.45, 7) is 1.10. The summed E-state index contributed by atoms with van der Waals surface area (Å²) in [5.41, 5.74) is 2.66. The van der Waals surface area contributed by atoms with Crippen LogP contribution in [0.1, 0.15) is 18.4 Å². The summed E-state index contributed by atoms with van der Waals surface area (Å²) < 4.78 is 5.24. The first-order chi connectivity index (χ1) is 7.83. The van der Waals surface area contributed by atoms with Crippen molar-refractivity contribution in [3.63, 3.8) is 0 Å². The van der Waals surface area contributed by atoms with E-state index < -0.39 is 0 Å². The molecule has 0 aliphatic carbocycles. The van der Waals surface area contributed by atoms with Gasteiger partial charge in [0.25, 0.3) is 0 Å². The van der Waals surface area contributed by atoms with Crippen molar-refractivity contribution in [1.29, 1.82) is 0 Å². The minimum atomic E-state index is 0.593. The normalized spacial score (nSPS) is 18.0. The number of anilines is 1. The summed E-state index contributed by atoms with van der Waals surface area (Å²) in [7, 11) is 3.72. The van der Waals surface area contributed by atoms with Crippen LogP contribution in [-0.4, -0.2) is 26.7 Å². The molecule has 0 saturated heterocycles. The van der Waals surface area contributed by atoms with Gasteiger partial charge in [-0.15, -0.1) is 0 Å². The van der Waals surface area contributed by atoms with Crippen LogP contribution in [0, 0.1) is 0 Å². The Bertz CT molecular complexity index is 352. The van der Waals surface area contributed by atoms with Gasteiger partial charge in [-0.2, -0.15) is 0 Å². The van der Waals surface area contributed by atoms with Gasteiger partial charge in [0.2, 0.25) is 0 Å². The lowest BCUT2D eigenvalue weighted by atomic mass is 10.1. The summed E-state index contributed by atoms with van der Waals surface area (Å²) >= 11 is 0. The smallest absolute Gasteiger partial charge is 0.119 e. The molecule has 0 saturated carbocycles. The van der Waals surface area contributed by atoms with Crippen molar-refractivity contribution < 1.29 is 4.74 Å². The number of fused-ring (bicyclic) bond motifs is 1. The molecule has 2 N–H and O–H groups in total. The highest BCUT2D eigenvalue weighted by Gasteiger charge is 2.20. The second-order valence-electron chi connectivity index (χ2n) is 4.31. The maximum atomic E-state index is 5.24. The van der Waals surface area contributed by atoms with Gasteiger partial charge < -0.3 is 15.4 Å². The lowest BCUT2D eigenvalue weighted by Crippen LogP contribution is -2.18. The molecule has 3 heteroatoms. The molecule has 1 unspecified atom stereocenters. The van der Waals surface area contributed by atoms with Gasteiger partial charge in [-0.25, -0.2) is 0 Å². The first kappa shape index (κ1) is 11.3. The quantitative estimate of drug-likeness (QED) is 0.745. The Morgan fingerprint density at radius 1 is 1.50 bits per heavy atom. The van der Waals surface area contributed by atoms with Gasteiger partial charge in [-0.3, -0.25) is 0 Å². The van der Waals surface area contributed by atoms with Crippen LogP contribution in [0.3, 0.4) is 0 Å². The van der Waals surface area contributed by atoms with Crippen molar-refractivity contribution in [2.24, 2.45) is 0 Å². The number of benzene rings is 1. The third-order valence-electron chi connectivity index (χ3n) is 3.12. The third kappa shape index (κ3) is 2.47. The van der Waals surface area contributed by atoms with E-state index in [4.69, 9.17) is 4.74 Å². The Morgan fingerprint density at radius 2 is 2.38 bits per heavy atom. The van der Waals surface area contributed by atoms with Gasteiger partial charge >= 0.3 is 0 Å². The van der Waals surface area contributed by atoms with Gasteiger partial charge in [0.1, 0.15) is 5.75 Å². The van der Waals surface area contributed by atoms with E-state index in [1.165, 1.54) is 24.1 Å². The monoisotopic (exact) mass is 220 g/mol. The van der Waals surface area contributed by atoms with Crippen molar-refractivity contribution in [3.05, 3.63) is 23.8 Å². The van der Waals surface area contributed by atoms with Gasteiger partial charge in [-0.05, 0) is 56.6 Å². The molecule has 0 amide bonds. The molecule has 0 fully saturated rings. The van der Waals surface area contributed by atoms with Crippen LogP contribution in [0.4, 0.5) is 5.69 Å². The average molecular weight is 220 g/mol. The summed E-state index contributed by atoms with van der Waals surface area (Å²) in [6.07, 6.45) is 3.56. The van der Waals surface area contributed by atoms with Crippen molar-refractivity contribution in [1.82, 2.24) is 5.32 Å². The first-order valence-corrected chi connectivity index (χ1v) is 5.91. The van der Waals surface area contributed by atoms with Crippen molar-refractivity contribution in [2.45, 2.75) is 25.3 Å². The average Bonchev–Trinajstić information content (AvgIpc) is 2.70. The Hall–Kier alpha value is -1.22. The van der Waals surface area contributed by atoms with E-state index in [9.17, 15) is 0 Å². The molecule has 0 aromatic heterocycles. The van der Waals surface area contributed by atoms with Crippen LogP contribution in [0.5, 0.6) is 5.75 Å². The largest absolute Gasteiger partial charge is 0.497 e. The van der Waals surface area contributed by atoms with Crippen LogP contribution < -0.4 is 15.4 Å². The maximum Gasteiger partial charge on any atom is 0.119 e. The molecule has 1 aromatic carbocycles. The molecule has 88 valence electrons. The van der Waals surface area contributed by atoms with E-state index in [2.05, 4.69) is 22.8 Å². The highest BCUT2D eigenvalue weighted by atomic mass is 16.5. The number of nitrogens with one attached hydrogen (secondary N) is 2. The fourth-order valence-corrected chi connectivity index (χ4v) is 2.24. The Balaban J connectivity index is 1.93. The molecular weight excluding hydrogens is 200 g/mol. The van der Waals surface area contributed by atoms with Crippen LogP contribution >= 0.6 is 0 Å². The highest BCUT2D eigenvalue weighted by molar-refractivity contribution is 5.59. The molecule has 2 rings (SSSR count). The van der Waals surface area contributed by atoms with Crippen LogP contribution in [0.15, 0.2) is 18.2 Å². The topological polar surface area (TPSA) is 33.3 Å². The Labute approximate surface area is 97.2 Å². The minimum Gasteiger partial charge on any atom is -0.497 e. The molecule has 1 aliphatic heterocycles. The molecule has 1 aliphatic rings. The van der Waals surface area contributed by atoms with E-state index >= 15 is 0 Å². The molecular formula is C13H20N2O. The van der Waals surface area contributed by atoms with Crippen molar-refractivity contribution in [3.8, 4) is 5.75 Å². The number of ether oxygens (including phenoxy) is 1. The second-order valence-corrected chi connectivity index (χ2v) is 4.31. The van der Waals surface area contributed by atoms with Gasteiger partial charge in [-0.1, -0.05) is 0 Å². The second kappa shape index (κ2) is 5.21. The molecule has 16 heavy (non-hydrogen) atoms. The summed E-state index contributed by atoms with van der Waals surface area (Å²) in [6, 6.07) is 6.87. The third-order valence-corrected chi connectivity index (χ3v) is 3.12. The molecule has 1 atom stereocenters. The minimum absolute atomic E-state index is 0.593. The van der Waals surface area contributed by atoms with E-state index in [1.807, 2.05) is 13.1 Å². The van der Waals surface area contributed by atoms with Gasteiger partial charge in [0.05, 0.1) is 7.11 Å². The predicted octanol–water partition coefficient (Wildman–Crippen LogP) is 2.03. The standard InChI is InChI=1S/C13H20N2O/c1-14-7-3-4-11-8-10-9-12(16-2)5-6-13(10)15-11/h5-6,9,11,14-15H,3-4,7-8H2,1-2H3. The van der Waals surface area contributed by atoms with Gasteiger partial charge in [0, 0.05) is 11.7 Å². The zero-order valence-corrected chi connectivity index (χ0v) is 10.0. The molecule has 3 nitrogen and oxygen atoms in total. The van der Waals surface area contributed by atoms with Crippen LogP contribution in [0.25, 0.3) is 0 Å². The molecule has 1 heterocycles. The summed E-state index contributed by atoms with van der Waals surface area (Å²) in [5, 5.41) is 6.74. The van der Waals surface area contributed by atoms with Crippen molar-refractivity contribution >= 4 is 5.69 Å². The fraction of sp³-hybridized carbons (Fsp3) is 0.538. The fourth-order valence-electron chi connectivity index (χ4n) is 2.24. The van der Waals surface area contributed by atoms with Crippen molar-refractivity contribution in [2.75, 3.05) is 26.0 Å². The lowest BCUT2D eigenvalue weighted by molar-refractivity contribution is 0.414. The number of methoxy groups -OCH3 is 1. The first-order valence-electron chi connectivity index (χ1n) is 5.91. The van der Waals surface area contributed by atoms with Gasteiger partial charge in [0.15, 0.2) is 0 Å². The zero-order valence-electron chi connectivity index (χ0n) is 10.0. The molecule has 1 aromatic rings. The molecule has 0 spiro atoms. The van der Waals surface area contributed by atoms with Crippen LogP contribution in [-0.2, 0) is 6.42 Å². The summed E-state index contributed by atoms with van der Waals surface area (Å²) in [4.78, 5) is 0. The number of hydrogen-bond donors (Lipinski definition) is 2. The van der Waals surface area contributed by atoms with E-state index in [0.717, 1.165) is 18.7 Å². The number of rotatable bonds is 5. The molecule has 0 radical (unpaired) electrons. The molecule has 0 bridgehead atoms. The Kier molecular flexibility index (Phi) is 3.67.